The number of rotatable bonds is 9. The van der Waals surface area contributed by atoms with Crippen LogP contribution in [0.3, 0.4) is 0 Å². The van der Waals surface area contributed by atoms with Gasteiger partial charge in [0.1, 0.15) is 0 Å². The lowest BCUT2D eigenvalue weighted by Gasteiger charge is -2.22. The number of amides is 1. The van der Waals surface area contributed by atoms with Gasteiger partial charge in [0.15, 0.2) is 0 Å². The fraction of sp³-hybridized carbons (Fsp3) is 0.867. The molecule has 0 radical (unpaired) electrons. The average Bonchev–Trinajstić information content (AvgIpc) is 2.84. The number of hydrogen-bond donors (Lipinski definition) is 2. The van der Waals surface area contributed by atoms with Crippen LogP contribution in [0.5, 0.6) is 0 Å². The van der Waals surface area contributed by atoms with Crippen LogP contribution >= 0.6 is 11.8 Å². The Morgan fingerprint density at radius 1 is 1.35 bits per heavy atom. The first-order chi connectivity index (χ1) is 9.48. The summed E-state index contributed by atoms with van der Waals surface area (Å²) < 4.78 is -0.249. The number of carboxylic acids is 1. The molecule has 0 aliphatic carbocycles. The highest BCUT2D eigenvalue weighted by atomic mass is 32.2. The maximum atomic E-state index is 12.1. The largest absolute Gasteiger partial charge is 0.481 e. The molecule has 1 fully saturated rings. The Labute approximate surface area is 126 Å². The number of carbonyl (C=O) groups is 2. The number of hydrogen-bond acceptors (Lipinski definition) is 3. The molecule has 2 N–H and O–H groups in total. The van der Waals surface area contributed by atoms with Gasteiger partial charge in [0.05, 0.1) is 4.75 Å². The zero-order chi connectivity index (χ0) is 15.0. The molecule has 4 nitrogen and oxygen atoms in total. The van der Waals surface area contributed by atoms with E-state index in [0.717, 1.165) is 37.9 Å². The molecular formula is C15H27NO3S. The van der Waals surface area contributed by atoms with E-state index in [-0.39, 0.29) is 17.1 Å². The van der Waals surface area contributed by atoms with E-state index in [9.17, 15) is 9.59 Å². The molecule has 0 aromatic heterocycles. The zero-order valence-corrected chi connectivity index (χ0v) is 13.4. The second-order valence-electron chi connectivity index (χ2n) is 5.81. The molecule has 2 unspecified atom stereocenters. The summed E-state index contributed by atoms with van der Waals surface area (Å²) in [5.41, 5.74) is 0. The molecule has 0 bridgehead atoms. The molecule has 1 amide bonds. The van der Waals surface area contributed by atoms with Gasteiger partial charge < -0.3 is 10.4 Å². The van der Waals surface area contributed by atoms with Crippen molar-refractivity contribution in [3.63, 3.8) is 0 Å². The van der Waals surface area contributed by atoms with Crippen molar-refractivity contribution in [1.29, 1.82) is 0 Å². The molecule has 5 heteroatoms. The van der Waals surface area contributed by atoms with Crippen molar-refractivity contribution < 1.29 is 14.7 Å². The molecule has 20 heavy (non-hydrogen) atoms. The molecule has 2 atom stereocenters. The van der Waals surface area contributed by atoms with E-state index in [1.165, 1.54) is 0 Å². The normalized spacial score (nSPS) is 23.5. The van der Waals surface area contributed by atoms with Gasteiger partial charge in [-0.1, -0.05) is 19.8 Å². The molecule has 1 rings (SSSR count). The van der Waals surface area contributed by atoms with Gasteiger partial charge in [-0.15, -0.1) is 11.8 Å². The predicted octanol–water partition coefficient (Wildman–Crippen LogP) is 3.06. The summed E-state index contributed by atoms with van der Waals surface area (Å²) in [5, 5.41) is 11.8. The number of aliphatic carboxylic acids is 1. The first kappa shape index (κ1) is 17.3. The minimum Gasteiger partial charge on any atom is -0.481 e. The lowest BCUT2D eigenvalue weighted by Crippen LogP contribution is -2.41. The first-order valence-corrected chi connectivity index (χ1v) is 8.60. The summed E-state index contributed by atoms with van der Waals surface area (Å²) in [7, 11) is 0. The number of nitrogens with one attached hydrogen (secondary N) is 1. The van der Waals surface area contributed by atoms with Gasteiger partial charge in [-0.3, -0.25) is 9.59 Å². The average molecular weight is 301 g/mol. The van der Waals surface area contributed by atoms with Crippen LogP contribution in [0.4, 0.5) is 0 Å². The van der Waals surface area contributed by atoms with Crippen molar-refractivity contribution in [2.24, 2.45) is 5.92 Å². The third-order valence-electron chi connectivity index (χ3n) is 4.00. The summed E-state index contributed by atoms with van der Waals surface area (Å²) in [6.07, 6.45) is 6.00. The maximum absolute atomic E-state index is 12.1. The lowest BCUT2D eigenvalue weighted by molar-refractivity contribution is -0.137. The predicted molar refractivity (Wildman–Crippen MR) is 83.0 cm³/mol. The van der Waals surface area contributed by atoms with Crippen molar-refractivity contribution in [3.8, 4) is 0 Å². The molecule has 0 aromatic carbocycles. The fourth-order valence-electron chi connectivity index (χ4n) is 2.70. The van der Waals surface area contributed by atoms with E-state index in [1.54, 1.807) is 11.8 Å². The summed E-state index contributed by atoms with van der Waals surface area (Å²) >= 11 is 1.75. The summed E-state index contributed by atoms with van der Waals surface area (Å²) in [4.78, 5) is 22.8. The van der Waals surface area contributed by atoms with Crippen LogP contribution in [0.15, 0.2) is 0 Å². The Hall–Kier alpha value is -0.710. The van der Waals surface area contributed by atoms with Crippen molar-refractivity contribution >= 4 is 23.6 Å². The Kier molecular flexibility index (Phi) is 7.41. The van der Waals surface area contributed by atoms with Crippen LogP contribution in [0.25, 0.3) is 0 Å². The molecule has 0 saturated carbocycles. The van der Waals surface area contributed by atoms with Gasteiger partial charge in [-0.05, 0) is 44.3 Å². The van der Waals surface area contributed by atoms with Crippen LogP contribution in [0.2, 0.25) is 0 Å². The molecular weight excluding hydrogens is 274 g/mol. The molecule has 0 aromatic rings. The van der Waals surface area contributed by atoms with Crippen molar-refractivity contribution in [2.75, 3.05) is 12.3 Å². The number of thioether (sulfide) groups is 1. The van der Waals surface area contributed by atoms with Crippen LogP contribution in [-0.2, 0) is 9.59 Å². The minimum atomic E-state index is -0.731. The monoisotopic (exact) mass is 301 g/mol. The SMILES string of the molecule is CCCC(CCNC(=O)C1(C)CCCS1)CCC(=O)O. The summed E-state index contributed by atoms with van der Waals surface area (Å²) in [6, 6.07) is 0. The Morgan fingerprint density at radius 2 is 2.10 bits per heavy atom. The summed E-state index contributed by atoms with van der Waals surface area (Å²) in [5.74, 6) is 0.889. The van der Waals surface area contributed by atoms with Gasteiger partial charge in [-0.25, -0.2) is 0 Å². The highest BCUT2D eigenvalue weighted by Crippen LogP contribution is 2.37. The maximum Gasteiger partial charge on any atom is 0.303 e. The molecule has 0 spiro atoms. The zero-order valence-electron chi connectivity index (χ0n) is 12.6. The van der Waals surface area contributed by atoms with Gasteiger partial charge in [0.25, 0.3) is 0 Å². The Morgan fingerprint density at radius 3 is 2.65 bits per heavy atom. The van der Waals surface area contributed by atoms with Gasteiger partial charge >= 0.3 is 5.97 Å². The summed E-state index contributed by atoms with van der Waals surface area (Å²) in [6.45, 7) is 4.80. The first-order valence-electron chi connectivity index (χ1n) is 7.62. The highest BCUT2D eigenvalue weighted by molar-refractivity contribution is 8.01. The van der Waals surface area contributed by atoms with Crippen molar-refractivity contribution in [2.45, 2.75) is 63.5 Å². The highest BCUT2D eigenvalue weighted by Gasteiger charge is 2.36. The standard InChI is InChI=1S/C15H27NO3S/c1-3-5-12(6-7-13(17)18)8-10-16-14(19)15(2)9-4-11-20-15/h12H,3-11H2,1-2H3,(H,16,19)(H,17,18). The van der Waals surface area contributed by atoms with Crippen LogP contribution < -0.4 is 5.32 Å². The van der Waals surface area contributed by atoms with Crippen LogP contribution in [-0.4, -0.2) is 34.0 Å². The van der Waals surface area contributed by atoms with E-state index in [0.29, 0.717) is 18.9 Å². The van der Waals surface area contributed by atoms with E-state index in [1.807, 2.05) is 6.92 Å². The van der Waals surface area contributed by atoms with E-state index < -0.39 is 5.97 Å². The van der Waals surface area contributed by atoms with Crippen LogP contribution in [0, 0.1) is 5.92 Å². The molecule has 116 valence electrons. The Balaban J connectivity index is 2.28. The molecule has 1 heterocycles. The second-order valence-corrected chi connectivity index (χ2v) is 7.41. The smallest absolute Gasteiger partial charge is 0.303 e. The number of carboxylic acid groups (broad SMARTS) is 1. The third kappa shape index (κ3) is 5.73. The molecule has 1 aliphatic rings. The van der Waals surface area contributed by atoms with Crippen molar-refractivity contribution in [3.05, 3.63) is 0 Å². The molecule has 1 aliphatic heterocycles. The van der Waals surface area contributed by atoms with E-state index in [2.05, 4.69) is 12.2 Å². The number of carbonyl (C=O) groups excluding carboxylic acids is 1. The van der Waals surface area contributed by atoms with Gasteiger partial charge in [0.2, 0.25) is 5.91 Å². The van der Waals surface area contributed by atoms with E-state index >= 15 is 0 Å². The minimum absolute atomic E-state index is 0.147. The second kappa shape index (κ2) is 8.55. The lowest BCUT2D eigenvalue weighted by atomic mass is 9.94. The van der Waals surface area contributed by atoms with Crippen molar-refractivity contribution in [1.82, 2.24) is 5.32 Å². The van der Waals surface area contributed by atoms with Gasteiger partial charge in [-0.2, -0.15) is 0 Å². The quantitative estimate of drug-likeness (QED) is 0.687. The third-order valence-corrected chi connectivity index (χ3v) is 5.52. The van der Waals surface area contributed by atoms with Crippen LogP contribution in [0.1, 0.15) is 58.8 Å². The van der Waals surface area contributed by atoms with Gasteiger partial charge in [0, 0.05) is 13.0 Å². The Bertz CT molecular complexity index is 327. The topological polar surface area (TPSA) is 66.4 Å². The fourth-order valence-corrected chi connectivity index (χ4v) is 3.93. The molecule has 1 saturated heterocycles. The van der Waals surface area contributed by atoms with E-state index in [4.69, 9.17) is 5.11 Å².